The summed E-state index contributed by atoms with van der Waals surface area (Å²) in [4.78, 5) is 11.9. The summed E-state index contributed by atoms with van der Waals surface area (Å²) in [6.07, 6.45) is 1.88. The Labute approximate surface area is 81.9 Å². The Hall–Kier alpha value is -0.330. The second kappa shape index (κ2) is 2.59. The highest BCUT2D eigenvalue weighted by molar-refractivity contribution is 5.86. The molecule has 1 saturated carbocycles. The van der Waals surface area contributed by atoms with Crippen molar-refractivity contribution in [3.05, 3.63) is 0 Å². The molecule has 1 aliphatic rings. The van der Waals surface area contributed by atoms with Crippen molar-refractivity contribution in [2.45, 2.75) is 54.4 Å². The van der Waals surface area contributed by atoms with Gasteiger partial charge in [0.05, 0.1) is 0 Å². The number of Topliss-reactive ketones (excluding diaryl/α,β-unsaturated/α-hetero) is 1. The van der Waals surface area contributed by atoms with Crippen molar-refractivity contribution in [3.8, 4) is 0 Å². The average Bonchev–Trinajstić information content (AvgIpc) is 1.80. The topological polar surface area (TPSA) is 17.1 Å². The van der Waals surface area contributed by atoms with Crippen molar-refractivity contribution in [1.29, 1.82) is 0 Å². The van der Waals surface area contributed by atoms with Crippen LogP contribution in [0.2, 0.25) is 0 Å². The Morgan fingerprint density at radius 3 is 1.85 bits per heavy atom. The lowest BCUT2D eigenvalue weighted by Crippen LogP contribution is -2.48. The molecule has 1 heteroatoms. The van der Waals surface area contributed by atoms with Gasteiger partial charge in [-0.05, 0) is 17.3 Å². The fraction of sp³-hybridized carbons (Fsp3) is 0.917. The van der Waals surface area contributed by atoms with Gasteiger partial charge in [0.25, 0.3) is 0 Å². The van der Waals surface area contributed by atoms with Gasteiger partial charge in [-0.3, -0.25) is 4.79 Å². The summed E-state index contributed by atoms with van der Waals surface area (Å²) in [7, 11) is 0. The predicted octanol–water partition coefficient (Wildman–Crippen LogP) is 3.43. The Balaban J connectivity index is 3.03. The maximum Gasteiger partial charge on any atom is 0.139 e. The minimum Gasteiger partial charge on any atom is -0.299 e. The van der Waals surface area contributed by atoms with E-state index in [2.05, 4.69) is 41.5 Å². The molecular weight excluding hydrogens is 160 g/mol. The second-order valence-electron chi connectivity index (χ2n) is 6.45. The Kier molecular flexibility index (Phi) is 2.14. The molecule has 0 unspecified atom stereocenters. The van der Waals surface area contributed by atoms with Crippen molar-refractivity contribution in [3.63, 3.8) is 0 Å². The molecule has 76 valence electrons. The second-order valence-corrected chi connectivity index (χ2v) is 6.45. The summed E-state index contributed by atoms with van der Waals surface area (Å²) < 4.78 is 0. The molecule has 0 aliphatic heterocycles. The number of rotatable bonds is 0. The molecule has 0 N–H and O–H groups in total. The largest absolute Gasteiger partial charge is 0.299 e. The lowest BCUT2D eigenvalue weighted by molar-refractivity contribution is -0.143. The van der Waals surface area contributed by atoms with Gasteiger partial charge in [0.1, 0.15) is 5.78 Å². The quantitative estimate of drug-likeness (QED) is 0.561. The first-order valence-corrected chi connectivity index (χ1v) is 5.12. The van der Waals surface area contributed by atoms with E-state index in [1.165, 1.54) is 0 Å². The first-order valence-electron chi connectivity index (χ1n) is 5.12. The minimum absolute atomic E-state index is 0.131. The molecule has 0 heterocycles. The molecule has 0 aromatic heterocycles. The number of carbonyl (C=O) groups excluding carboxylic acids is 1. The standard InChI is InChI=1S/C12H22O/c1-10(2)7-9(13)12(5,6)11(3,4)8-10/h7-8H2,1-6H3. The van der Waals surface area contributed by atoms with Crippen LogP contribution in [0.25, 0.3) is 0 Å². The molecule has 0 spiro atoms. The summed E-state index contributed by atoms with van der Waals surface area (Å²) in [5.41, 5.74) is 0.171. The van der Waals surface area contributed by atoms with Gasteiger partial charge in [-0.1, -0.05) is 41.5 Å². The van der Waals surface area contributed by atoms with Crippen LogP contribution in [0.5, 0.6) is 0 Å². The highest BCUT2D eigenvalue weighted by Crippen LogP contribution is 2.53. The molecule has 0 saturated heterocycles. The first kappa shape index (κ1) is 10.7. The van der Waals surface area contributed by atoms with Crippen LogP contribution in [0.3, 0.4) is 0 Å². The molecule has 0 aromatic carbocycles. The third-order valence-corrected chi connectivity index (χ3v) is 3.95. The van der Waals surface area contributed by atoms with Crippen LogP contribution in [-0.4, -0.2) is 5.78 Å². The van der Waals surface area contributed by atoms with Crippen LogP contribution >= 0.6 is 0 Å². The highest BCUT2D eigenvalue weighted by atomic mass is 16.1. The molecule has 0 radical (unpaired) electrons. The van der Waals surface area contributed by atoms with Gasteiger partial charge >= 0.3 is 0 Å². The van der Waals surface area contributed by atoms with E-state index in [0.29, 0.717) is 5.78 Å². The van der Waals surface area contributed by atoms with E-state index in [9.17, 15) is 4.79 Å². The van der Waals surface area contributed by atoms with Crippen LogP contribution in [-0.2, 0) is 4.79 Å². The molecule has 1 rings (SSSR count). The van der Waals surface area contributed by atoms with Gasteiger partial charge in [0.15, 0.2) is 0 Å². The van der Waals surface area contributed by atoms with Gasteiger partial charge in [-0.2, -0.15) is 0 Å². The predicted molar refractivity (Wildman–Crippen MR) is 55.6 cm³/mol. The van der Waals surface area contributed by atoms with E-state index in [1.807, 2.05) is 0 Å². The van der Waals surface area contributed by atoms with Gasteiger partial charge < -0.3 is 0 Å². The van der Waals surface area contributed by atoms with E-state index >= 15 is 0 Å². The van der Waals surface area contributed by atoms with Gasteiger partial charge in [-0.15, -0.1) is 0 Å². The number of hydrogen-bond donors (Lipinski definition) is 0. The van der Waals surface area contributed by atoms with E-state index in [-0.39, 0.29) is 16.2 Å². The Morgan fingerprint density at radius 2 is 1.46 bits per heavy atom. The van der Waals surface area contributed by atoms with Crippen LogP contribution in [0.1, 0.15) is 54.4 Å². The maximum atomic E-state index is 11.9. The average molecular weight is 182 g/mol. The van der Waals surface area contributed by atoms with Crippen molar-refractivity contribution < 1.29 is 4.79 Å². The fourth-order valence-corrected chi connectivity index (χ4v) is 2.51. The van der Waals surface area contributed by atoms with E-state index < -0.39 is 0 Å². The van der Waals surface area contributed by atoms with Crippen LogP contribution in [0, 0.1) is 16.2 Å². The van der Waals surface area contributed by atoms with Crippen LogP contribution < -0.4 is 0 Å². The van der Waals surface area contributed by atoms with Gasteiger partial charge in [0.2, 0.25) is 0 Å². The molecule has 1 aliphatic carbocycles. The molecule has 13 heavy (non-hydrogen) atoms. The third-order valence-electron chi connectivity index (χ3n) is 3.95. The normalized spacial score (nSPS) is 30.2. The zero-order chi connectivity index (χ0) is 10.5. The zero-order valence-electron chi connectivity index (χ0n) is 9.82. The Morgan fingerprint density at radius 1 is 1.00 bits per heavy atom. The lowest BCUT2D eigenvalue weighted by atomic mass is 9.53. The third kappa shape index (κ3) is 1.66. The van der Waals surface area contributed by atoms with Crippen LogP contribution in [0.4, 0.5) is 0 Å². The molecule has 0 aromatic rings. The van der Waals surface area contributed by atoms with Gasteiger partial charge in [0, 0.05) is 11.8 Å². The Bertz CT molecular complexity index is 234. The zero-order valence-corrected chi connectivity index (χ0v) is 9.82. The summed E-state index contributed by atoms with van der Waals surface area (Å²) >= 11 is 0. The SMILES string of the molecule is CC1(C)CC(=O)C(C)(C)C(C)(C)C1. The molecule has 1 nitrogen and oxygen atoms in total. The first-order chi connectivity index (χ1) is 5.58. The number of carbonyl (C=O) groups is 1. The summed E-state index contributed by atoms with van der Waals surface area (Å²) in [5.74, 6) is 0.425. The summed E-state index contributed by atoms with van der Waals surface area (Å²) in [6, 6.07) is 0. The van der Waals surface area contributed by atoms with E-state index in [1.54, 1.807) is 0 Å². The highest BCUT2D eigenvalue weighted by Gasteiger charge is 2.50. The molecular formula is C12H22O. The number of hydrogen-bond acceptors (Lipinski definition) is 1. The summed E-state index contributed by atoms with van der Waals surface area (Å²) in [5, 5.41) is 0. The minimum atomic E-state index is -0.150. The molecule has 0 atom stereocenters. The lowest BCUT2D eigenvalue weighted by Gasteiger charge is -2.50. The molecule has 0 amide bonds. The van der Waals surface area contributed by atoms with Crippen molar-refractivity contribution in [2.24, 2.45) is 16.2 Å². The van der Waals surface area contributed by atoms with E-state index in [4.69, 9.17) is 0 Å². The maximum absolute atomic E-state index is 11.9. The molecule has 1 fully saturated rings. The monoisotopic (exact) mass is 182 g/mol. The van der Waals surface area contributed by atoms with Crippen LogP contribution in [0.15, 0.2) is 0 Å². The van der Waals surface area contributed by atoms with Crippen molar-refractivity contribution in [2.75, 3.05) is 0 Å². The molecule has 0 bridgehead atoms. The summed E-state index contributed by atoms with van der Waals surface area (Å²) in [6.45, 7) is 13.0. The van der Waals surface area contributed by atoms with Crippen molar-refractivity contribution >= 4 is 5.78 Å². The fourth-order valence-electron chi connectivity index (χ4n) is 2.51. The van der Waals surface area contributed by atoms with Gasteiger partial charge in [-0.25, -0.2) is 0 Å². The smallest absolute Gasteiger partial charge is 0.139 e. The number of ketones is 1. The van der Waals surface area contributed by atoms with E-state index in [0.717, 1.165) is 12.8 Å². The van der Waals surface area contributed by atoms with Crippen molar-refractivity contribution in [1.82, 2.24) is 0 Å².